The molecule has 2 heterocycles. The quantitative estimate of drug-likeness (QED) is 0.272. The van der Waals surface area contributed by atoms with Crippen molar-refractivity contribution in [3.8, 4) is 11.3 Å². The number of nitrogens with zero attached hydrogens (tertiary/aromatic N) is 1. The van der Waals surface area contributed by atoms with Crippen molar-refractivity contribution in [1.29, 1.82) is 0 Å². The Hall–Kier alpha value is -2.61. The smallest absolute Gasteiger partial charge is 0.145 e. The molecule has 2 nitrogen and oxygen atoms in total. The van der Waals surface area contributed by atoms with Crippen LogP contribution in [0.1, 0.15) is 63.5 Å². The van der Waals surface area contributed by atoms with E-state index in [-0.39, 0.29) is 0 Å². The topological polar surface area (TPSA) is 26.0 Å². The van der Waals surface area contributed by atoms with Gasteiger partial charge in [0.2, 0.25) is 0 Å². The zero-order chi connectivity index (χ0) is 20.1. The first-order valence-corrected chi connectivity index (χ1v) is 11.2. The van der Waals surface area contributed by atoms with Crippen molar-refractivity contribution in [2.45, 2.75) is 65.2 Å². The Labute approximate surface area is 174 Å². The number of rotatable bonds is 9. The van der Waals surface area contributed by atoms with E-state index in [0.29, 0.717) is 0 Å². The lowest BCUT2D eigenvalue weighted by Crippen LogP contribution is -1.91. The minimum absolute atomic E-state index is 0.952. The van der Waals surface area contributed by atoms with Gasteiger partial charge in [-0.2, -0.15) is 0 Å². The maximum absolute atomic E-state index is 6.32. The fraction of sp³-hybridized carbons (Fsp3) is 0.370. The van der Waals surface area contributed by atoms with Crippen LogP contribution in [0.2, 0.25) is 0 Å². The lowest BCUT2D eigenvalue weighted by molar-refractivity contribution is 0.607. The van der Waals surface area contributed by atoms with E-state index in [9.17, 15) is 0 Å². The molecule has 0 aliphatic carbocycles. The second-order valence-corrected chi connectivity index (χ2v) is 8.00. The average Bonchev–Trinajstić information content (AvgIpc) is 3.15. The number of furan rings is 1. The van der Waals surface area contributed by atoms with E-state index in [1.165, 1.54) is 60.4 Å². The summed E-state index contributed by atoms with van der Waals surface area (Å²) in [6.07, 6.45) is 12.0. The Morgan fingerprint density at radius 2 is 1.69 bits per heavy atom. The normalized spacial score (nSPS) is 11.5. The van der Waals surface area contributed by atoms with E-state index in [4.69, 9.17) is 9.40 Å². The van der Waals surface area contributed by atoms with Gasteiger partial charge in [0.05, 0.1) is 5.69 Å². The van der Waals surface area contributed by atoms with E-state index in [2.05, 4.69) is 56.3 Å². The van der Waals surface area contributed by atoms with Gasteiger partial charge in [-0.3, -0.25) is 4.98 Å². The molecule has 2 aromatic heterocycles. The molecule has 29 heavy (non-hydrogen) atoms. The van der Waals surface area contributed by atoms with Crippen LogP contribution in [-0.2, 0) is 12.8 Å². The molecule has 2 aromatic carbocycles. The zero-order valence-corrected chi connectivity index (χ0v) is 17.7. The number of unbranched alkanes of at least 4 members (excludes halogenated alkanes) is 5. The molecule has 0 fully saturated rings. The molecule has 0 radical (unpaired) electrons. The lowest BCUT2D eigenvalue weighted by atomic mass is 9.98. The first-order valence-electron chi connectivity index (χ1n) is 11.2. The van der Waals surface area contributed by atoms with E-state index >= 15 is 0 Å². The van der Waals surface area contributed by atoms with Gasteiger partial charge in [0.25, 0.3) is 0 Å². The largest absolute Gasteiger partial charge is 0.455 e. The van der Waals surface area contributed by atoms with E-state index in [1.807, 2.05) is 12.3 Å². The number of hydrogen-bond donors (Lipinski definition) is 0. The van der Waals surface area contributed by atoms with Crippen LogP contribution in [0.15, 0.2) is 59.1 Å². The van der Waals surface area contributed by atoms with Crippen LogP contribution in [0, 0.1) is 0 Å². The van der Waals surface area contributed by atoms with Crippen LogP contribution in [-0.4, -0.2) is 4.98 Å². The third-order valence-electron chi connectivity index (χ3n) is 5.91. The number of benzene rings is 2. The Morgan fingerprint density at radius 3 is 2.55 bits per heavy atom. The van der Waals surface area contributed by atoms with E-state index in [1.54, 1.807) is 0 Å². The fourth-order valence-electron chi connectivity index (χ4n) is 4.28. The van der Waals surface area contributed by atoms with Crippen molar-refractivity contribution in [2.75, 3.05) is 0 Å². The summed E-state index contributed by atoms with van der Waals surface area (Å²) < 4.78 is 6.32. The Kier molecular flexibility index (Phi) is 6.29. The van der Waals surface area contributed by atoms with Crippen LogP contribution < -0.4 is 0 Å². The molecule has 0 aliphatic rings. The van der Waals surface area contributed by atoms with Gasteiger partial charge in [0, 0.05) is 22.5 Å². The van der Waals surface area contributed by atoms with Gasteiger partial charge in [-0.15, -0.1) is 0 Å². The summed E-state index contributed by atoms with van der Waals surface area (Å²) >= 11 is 0. The monoisotopic (exact) mass is 385 g/mol. The van der Waals surface area contributed by atoms with Gasteiger partial charge in [0.1, 0.15) is 11.2 Å². The summed E-state index contributed by atoms with van der Waals surface area (Å²) in [5, 5.41) is 2.44. The summed E-state index contributed by atoms with van der Waals surface area (Å²) in [6.45, 7) is 4.47. The maximum Gasteiger partial charge on any atom is 0.145 e. The van der Waals surface area contributed by atoms with Gasteiger partial charge >= 0.3 is 0 Å². The molecule has 0 N–H and O–H groups in total. The van der Waals surface area contributed by atoms with E-state index in [0.717, 1.165) is 35.3 Å². The molecule has 0 unspecified atom stereocenters. The van der Waals surface area contributed by atoms with Crippen molar-refractivity contribution < 1.29 is 4.42 Å². The third kappa shape index (κ3) is 4.22. The first-order chi connectivity index (χ1) is 14.3. The number of fused-ring (bicyclic) bond motifs is 3. The van der Waals surface area contributed by atoms with Crippen molar-refractivity contribution in [3.05, 3.63) is 65.9 Å². The number of aromatic nitrogens is 1. The molecular weight excluding hydrogens is 354 g/mol. The second-order valence-electron chi connectivity index (χ2n) is 8.00. The van der Waals surface area contributed by atoms with Crippen LogP contribution in [0.25, 0.3) is 33.2 Å². The highest BCUT2D eigenvalue weighted by atomic mass is 16.3. The molecule has 0 aliphatic heterocycles. The third-order valence-corrected chi connectivity index (χ3v) is 5.91. The summed E-state index contributed by atoms with van der Waals surface area (Å²) in [5.41, 5.74) is 6.73. The highest BCUT2D eigenvalue weighted by Gasteiger charge is 2.16. The minimum atomic E-state index is 0.952. The average molecular weight is 386 g/mol. The van der Waals surface area contributed by atoms with Crippen LogP contribution >= 0.6 is 0 Å². The number of aryl methyl sites for hydroxylation is 2. The van der Waals surface area contributed by atoms with Crippen LogP contribution in [0.3, 0.4) is 0 Å². The maximum atomic E-state index is 6.32. The van der Waals surface area contributed by atoms with Gasteiger partial charge in [-0.1, -0.05) is 70.2 Å². The molecule has 0 spiro atoms. The summed E-state index contributed by atoms with van der Waals surface area (Å²) in [5.74, 6) is 0. The minimum Gasteiger partial charge on any atom is -0.455 e. The summed E-state index contributed by atoms with van der Waals surface area (Å²) in [7, 11) is 0. The Bertz CT molecular complexity index is 1090. The van der Waals surface area contributed by atoms with Crippen molar-refractivity contribution in [2.24, 2.45) is 0 Å². The first kappa shape index (κ1) is 19.7. The molecule has 4 aromatic rings. The van der Waals surface area contributed by atoms with Gasteiger partial charge < -0.3 is 4.42 Å². The predicted octanol–water partition coefficient (Wildman–Crippen LogP) is 8.11. The lowest BCUT2D eigenvalue weighted by Gasteiger charge is -2.08. The molecule has 150 valence electrons. The molecule has 0 amide bonds. The molecule has 0 bridgehead atoms. The van der Waals surface area contributed by atoms with Gasteiger partial charge in [-0.05, 0) is 54.7 Å². The number of pyridine rings is 1. The highest BCUT2D eigenvalue weighted by Crippen LogP contribution is 2.37. The second kappa shape index (κ2) is 9.26. The summed E-state index contributed by atoms with van der Waals surface area (Å²) in [6, 6.07) is 17.2. The predicted molar refractivity (Wildman–Crippen MR) is 123 cm³/mol. The van der Waals surface area contributed by atoms with Crippen LogP contribution in [0.4, 0.5) is 0 Å². The van der Waals surface area contributed by atoms with Crippen molar-refractivity contribution in [1.82, 2.24) is 4.98 Å². The van der Waals surface area contributed by atoms with Gasteiger partial charge in [-0.25, -0.2) is 0 Å². The van der Waals surface area contributed by atoms with E-state index < -0.39 is 0 Å². The standard InChI is InChI=1S/C27H31NO/c1-3-5-6-7-8-9-12-20-17-18-28-24(19-20)22-16-15-21(4-2)26-23-13-10-11-14-25(23)29-27(22)26/h10-11,13-19H,3-9,12H2,1-2H3. The molecule has 2 heteroatoms. The Balaban J connectivity index is 1.63. The van der Waals surface area contributed by atoms with Gasteiger partial charge in [0.15, 0.2) is 0 Å². The zero-order valence-electron chi connectivity index (χ0n) is 17.7. The van der Waals surface area contributed by atoms with Crippen molar-refractivity contribution in [3.63, 3.8) is 0 Å². The number of hydrogen-bond acceptors (Lipinski definition) is 2. The molecule has 0 saturated heterocycles. The van der Waals surface area contributed by atoms with Crippen molar-refractivity contribution >= 4 is 21.9 Å². The Morgan fingerprint density at radius 1 is 0.862 bits per heavy atom. The van der Waals surface area contributed by atoms with Crippen LogP contribution in [0.5, 0.6) is 0 Å². The molecule has 4 rings (SSSR count). The highest BCUT2D eigenvalue weighted by molar-refractivity contribution is 6.11. The fourth-order valence-corrected chi connectivity index (χ4v) is 4.28. The summed E-state index contributed by atoms with van der Waals surface area (Å²) in [4.78, 5) is 4.69. The number of para-hydroxylation sites is 1. The SMILES string of the molecule is CCCCCCCCc1ccnc(-c2ccc(CC)c3c2oc2ccccc23)c1. The molecular formula is C27H31NO. The molecule has 0 saturated carbocycles. The molecule has 0 atom stereocenters.